The predicted molar refractivity (Wildman–Crippen MR) is 103 cm³/mol. The van der Waals surface area contributed by atoms with Gasteiger partial charge in [-0.15, -0.1) is 0 Å². The number of rotatable bonds is 8. The summed E-state index contributed by atoms with van der Waals surface area (Å²) in [6, 6.07) is 3.52. The second kappa shape index (κ2) is 8.87. The molecule has 0 spiro atoms. The number of hydrogen-bond donors (Lipinski definition) is 2. The van der Waals surface area contributed by atoms with E-state index >= 15 is 0 Å². The molecule has 1 aliphatic heterocycles. The van der Waals surface area contributed by atoms with Gasteiger partial charge in [-0.25, -0.2) is 4.79 Å². The molecular weight excluding hydrogens is 394 g/mol. The third-order valence-corrected chi connectivity index (χ3v) is 4.90. The minimum absolute atomic E-state index is 0.00204. The highest BCUT2D eigenvalue weighted by molar-refractivity contribution is 8.26. The topological polar surface area (TPSA) is 113 Å². The number of thiocarbonyl (C=S) groups is 1. The van der Waals surface area contributed by atoms with Gasteiger partial charge in [0, 0.05) is 0 Å². The third kappa shape index (κ3) is 4.77. The lowest BCUT2D eigenvalue weighted by Crippen LogP contribution is -2.45. The largest absolute Gasteiger partial charge is 0.493 e. The molecule has 0 unspecified atom stereocenters. The van der Waals surface area contributed by atoms with Gasteiger partial charge < -0.3 is 19.7 Å². The van der Waals surface area contributed by atoms with E-state index in [1.165, 1.54) is 13.2 Å². The number of aliphatic carboxylic acids is 2. The molecule has 1 atom stereocenters. The highest BCUT2D eigenvalue weighted by Gasteiger charge is 2.41. The lowest BCUT2D eigenvalue weighted by molar-refractivity contribution is -0.150. The maximum absolute atomic E-state index is 12.6. The van der Waals surface area contributed by atoms with Crippen molar-refractivity contribution >= 4 is 52.2 Å². The van der Waals surface area contributed by atoms with Crippen molar-refractivity contribution in [3.05, 3.63) is 28.7 Å². The van der Waals surface area contributed by atoms with E-state index in [0.29, 0.717) is 23.7 Å². The lowest BCUT2D eigenvalue weighted by atomic mass is 10.1. The van der Waals surface area contributed by atoms with E-state index in [2.05, 4.69) is 0 Å². The first-order valence-electron chi connectivity index (χ1n) is 7.81. The summed E-state index contributed by atoms with van der Waals surface area (Å²) < 4.78 is 10.7. The van der Waals surface area contributed by atoms with Crippen molar-refractivity contribution in [1.29, 1.82) is 0 Å². The highest BCUT2D eigenvalue weighted by atomic mass is 32.2. The number of benzene rings is 1. The zero-order chi connectivity index (χ0) is 20.1. The van der Waals surface area contributed by atoms with Crippen molar-refractivity contribution in [2.75, 3.05) is 13.7 Å². The van der Waals surface area contributed by atoms with Crippen molar-refractivity contribution in [2.45, 2.75) is 19.4 Å². The molecule has 1 aromatic carbocycles. The van der Waals surface area contributed by atoms with Crippen molar-refractivity contribution in [3.8, 4) is 11.5 Å². The fourth-order valence-corrected chi connectivity index (χ4v) is 3.76. The Bertz CT molecular complexity index is 821. The zero-order valence-electron chi connectivity index (χ0n) is 14.5. The summed E-state index contributed by atoms with van der Waals surface area (Å²) in [7, 11) is 1.49. The van der Waals surface area contributed by atoms with Crippen LogP contribution in [0.15, 0.2) is 23.1 Å². The Hall–Kier alpha value is -2.59. The molecule has 0 bridgehead atoms. The molecule has 1 amide bonds. The van der Waals surface area contributed by atoms with Gasteiger partial charge in [-0.3, -0.25) is 14.5 Å². The maximum atomic E-state index is 12.6. The Labute approximate surface area is 164 Å². The fraction of sp³-hybridized carbons (Fsp3) is 0.294. The normalized spacial score (nSPS) is 16.5. The van der Waals surface area contributed by atoms with E-state index in [4.69, 9.17) is 26.8 Å². The van der Waals surface area contributed by atoms with E-state index in [1.807, 2.05) is 6.92 Å². The number of carboxylic acids is 2. The average molecular weight is 411 g/mol. The first-order valence-corrected chi connectivity index (χ1v) is 9.03. The van der Waals surface area contributed by atoms with Crippen LogP contribution in [0.1, 0.15) is 18.9 Å². The molecule has 8 nitrogen and oxygen atoms in total. The van der Waals surface area contributed by atoms with Crippen molar-refractivity contribution in [3.63, 3.8) is 0 Å². The van der Waals surface area contributed by atoms with Gasteiger partial charge in [-0.05, 0) is 30.7 Å². The van der Waals surface area contributed by atoms with E-state index in [0.717, 1.165) is 16.7 Å². The van der Waals surface area contributed by atoms with Crippen LogP contribution < -0.4 is 9.47 Å². The molecular formula is C17H17NO7S2. The Balaban J connectivity index is 2.32. The Kier molecular flexibility index (Phi) is 6.81. The molecule has 1 fully saturated rings. The number of carboxylic acid groups (broad SMARTS) is 2. The van der Waals surface area contributed by atoms with Crippen LogP contribution in [0.25, 0.3) is 6.08 Å². The molecule has 0 radical (unpaired) electrons. The number of carbonyl (C=O) groups excluding carboxylic acids is 1. The van der Waals surface area contributed by atoms with Crippen LogP contribution in [0.2, 0.25) is 0 Å². The monoisotopic (exact) mass is 411 g/mol. The van der Waals surface area contributed by atoms with Crippen LogP contribution in [0.3, 0.4) is 0 Å². The van der Waals surface area contributed by atoms with Crippen molar-refractivity contribution < 1.29 is 34.1 Å². The molecule has 1 aliphatic rings. The van der Waals surface area contributed by atoms with Gasteiger partial charge in [0.1, 0.15) is 10.4 Å². The molecule has 0 aromatic heterocycles. The molecule has 1 heterocycles. The third-order valence-electron chi connectivity index (χ3n) is 3.57. The van der Waals surface area contributed by atoms with E-state index in [-0.39, 0.29) is 9.23 Å². The summed E-state index contributed by atoms with van der Waals surface area (Å²) in [5.74, 6) is -2.38. The number of carbonyl (C=O) groups is 3. The second-order valence-corrected chi connectivity index (χ2v) is 7.02. The lowest BCUT2D eigenvalue weighted by Gasteiger charge is -2.21. The molecule has 1 aromatic rings. The fourth-order valence-electron chi connectivity index (χ4n) is 2.40. The van der Waals surface area contributed by atoms with Crippen LogP contribution in [-0.2, 0) is 14.4 Å². The van der Waals surface area contributed by atoms with Gasteiger partial charge in [0.05, 0.1) is 25.0 Å². The highest BCUT2D eigenvalue weighted by Crippen LogP contribution is 2.36. The summed E-state index contributed by atoms with van der Waals surface area (Å²) in [6.45, 7) is 2.31. The van der Waals surface area contributed by atoms with Crippen LogP contribution in [0.4, 0.5) is 0 Å². The minimum atomic E-state index is -1.56. The first kappa shape index (κ1) is 20.7. The van der Waals surface area contributed by atoms with Crippen LogP contribution >= 0.6 is 24.0 Å². The van der Waals surface area contributed by atoms with Crippen molar-refractivity contribution in [2.24, 2.45) is 0 Å². The number of ether oxygens (including phenoxy) is 2. The Morgan fingerprint density at radius 3 is 2.59 bits per heavy atom. The number of amides is 1. The van der Waals surface area contributed by atoms with Gasteiger partial charge in [-0.1, -0.05) is 30.0 Å². The summed E-state index contributed by atoms with van der Waals surface area (Å²) in [5.41, 5.74) is 0.626. The smallest absolute Gasteiger partial charge is 0.327 e. The van der Waals surface area contributed by atoms with Crippen molar-refractivity contribution in [1.82, 2.24) is 4.90 Å². The van der Waals surface area contributed by atoms with Crippen LogP contribution in [0, 0.1) is 0 Å². The molecule has 27 heavy (non-hydrogen) atoms. The SMILES string of the molecule is CCOc1ccc(/C=C2\SC(=S)N([C@H](CC(=O)O)C(=O)O)C2=O)cc1OC. The quantitative estimate of drug-likeness (QED) is 0.491. The zero-order valence-corrected chi connectivity index (χ0v) is 16.1. The van der Waals surface area contributed by atoms with Crippen LogP contribution in [-0.4, -0.2) is 57.0 Å². The summed E-state index contributed by atoms with van der Waals surface area (Å²) in [6.07, 6.45) is 0.795. The van der Waals surface area contributed by atoms with Gasteiger partial charge >= 0.3 is 11.9 Å². The molecule has 2 N–H and O–H groups in total. The van der Waals surface area contributed by atoms with E-state index in [9.17, 15) is 19.5 Å². The minimum Gasteiger partial charge on any atom is -0.493 e. The van der Waals surface area contributed by atoms with E-state index in [1.54, 1.807) is 18.2 Å². The molecule has 0 saturated carbocycles. The van der Waals surface area contributed by atoms with Gasteiger partial charge in [0.2, 0.25) is 0 Å². The number of nitrogens with zero attached hydrogens (tertiary/aromatic N) is 1. The van der Waals surface area contributed by atoms with Gasteiger partial charge in [-0.2, -0.15) is 0 Å². The van der Waals surface area contributed by atoms with Gasteiger partial charge in [0.15, 0.2) is 11.5 Å². The molecule has 0 aliphatic carbocycles. The number of methoxy groups -OCH3 is 1. The molecule has 10 heteroatoms. The summed E-state index contributed by atoms with van der Waals surface area (Å²) in [4.78, 5) is 35.9. The summed E-state index contributed by atoms with van der Waals surface area (Å²) in [5, 5.41) is 18.2. The molecule has 1 saturated heterocycles. The summed E-state index contributed by atoms with van der Waals surface area (Å²) >= 11 is 6.01. The maximum Gasteiger partial charge on any atom is 0.327 e. The molecule has 144 valence electrons. The number of hydrogen-bond acceptors (Lipinski definition) is 7. The second-order valence-electron chi connectivity index (χ2n) is 5.35. The predicted octanol–water partition coefficient (Wildman–Crippen LogP) is 2.22. The Morgan fingerprint density at radius 2 is 2.04 bits per heavy atom. The standard InChI is InChI=1S/C17H17NO7S2/c1-3-25-11-5-4-9(6-12(11)24-2)7-13-15(21)18(17(26)27-13)10(16(22)23)8-14(19)20/h4-7,10H,3,8H2,1-2H3,(H,19,20)(H,22,23)/b13-7-/t10-/m1/s1. The Morgan fingerprint density at radius 1 is 1.33 bits per heavy atom. The van der Waals surface area contributed by atoms with E-state index < -0.39 is 30.3 Å². The van der Waals surface area contributed by atoms with Crippen LogP contribution in [0.5, 0.6) is 11.5 Å². The van der Waals surface area contributed by atoms with Gasteiger partial charge in [0.25, 0.3) is 5.91 Å². The first-order chi connectivity index (χ1) is 12.8. The average Bonchev–Trinajstić information content (AvgIpc) is 2.87. The molecule has 2 rings (SSSR count). The number of thioether (sulfide) groups is 1.